The van der Waals surface area contributed by atoms with E-state index in [2.05, 4.69) is 43.0 Å². The molecule has 3 rings (SSSR count). The van der Waals surface area contributed by atoms with Gasteiger partial charge in [0, 0.05) is 0 Å². The fraction of sp³-hybridized carbons (Fsp3) is 0.696. The molecule has 2 aromatic heterocycles. The highest BCUT2D eigenvalue weighted by atomic mass is 16.6. The number of fused-ring (bicyclic) bond motifs is 1. The quantitative estimate of drug-likeness (QED) is 0.547. The average Bonchev–Trinajstić information content (AvgIpc) is 3.37. The summed E-state index contributed by atoms with van der Waals surface area (Å²) in [6.45, 7) is 12.7. The fourth-order valence-electron chi connectivity index (χ4n) is 3.65. The number of carbonyl (C=O) groups is 1. The first kappa shape index (κ1) is 23.3. The molecule has 1 fully saturated rings. The number of rotatable bonds is 8. The van der Waals surface area contributed by atoms with Crippen molar-refractivity contribution in [2.75, 3.05) is 6.61 Å². The van der Waals surface area contributed by atoms with Crippen LogP contribution in [0.15, 0.2) is 18.5 Å². The van der Waals surface area contributed by atoms with Crippen LogP contribution in [-0.4, -0.2) is 33.3 Å². The maximum absolute atomic E-state index is 12.1. The number of ether oxygens (including phenoxy) is 2. The van der Waals surface area contributed by atoms with Gasteiger partial charge in [-0.2, -0.15) is 5.10 Å². The maximum Gasteiger partial charge on any atom is 0.308 e. The molecule has 3 atom stereocenters. The lowest BCUT2D eigenvalue weighted by Gasteiger charge is -2.16. The van der Waals surface area contributed by atoms with Crippen molar-refractivity contribution in [1.29, 1.82) is 0 Å². The first-order valence-electron chi connectivity index (χ1n) is 11.2. The van der Waals surface area contributed by atoms with E-state index < -0.39 is 0 Å². The van der Waals surface area contributed by atoms with Gasteiger partial charge in [-0.3, -0.25) is 4.79 Å². The van der Waals surface area contributed by atoms with E-state index >= 15 is 0 Å². The summed E-state index contributed by atoms with van der Waals surface area (Å²) >= 11 is 0. The van der Waals surface area contributed by atoms with Gasteiger partial charge in [0.15, 0.2) is 0 Å². The van der Waals surface area contributed by atoms with E-state index in [1.54, 1.807) is 6.33 Å². The van der Waals surface area contributed by atoms with Crippen molar-refractivity contribution in [3.05, 3.63) is 29.8 Å². The molecule has 0 saturated carbocycles. The minimum absolute atomic E-state index is 0.0244. The van der Waals surface area contributed by atoms with Crippen molar-refractivity contribution >= 4 is 11.5 Å². The van der Waals surface area contributed by atoms with E-state index in [0.717, 1.165) is 49.0 Å². The molecule has 1 aliphatic heterocycles. The summed E-state index contributed by atoms with van der Waals surface area (Å²) in [5.41, 5.74) is 3.12. The Hall–Kier alpha value is -1.95. The van der Waals surface area contributed by atoms with Crippen LogP contribution in [0.3, 0.4) is 0 Å². The summed E-state index contributed by atoms with van der Waals surface area (Å²) in [5.74, 6) is 0.186. The number of hydrogen-bond donors (Lipinski definition) is 0. The Bertz CT molecular complexity index is 772. The van der Waals surface area contributed by atoms with E-state index in [1.807, 2.05) is 25.3 Å². The lowest BCUT2D eigenvalue weighted by atomic mass is 10.1. The Morgan fingerprint density at radius 1 is 1.28 bits per heavy atom. The predicted octanol–water partition coefficient (Wildman–Crippen LogP) is 5.47. The molecule has 3 unspecified atom stereocenters. The van der Waals surface area contributed by atoms with Gasteiger partial charge in [0.1, 0.15) is 19.0 Å². The zero-order valence-corrected chi connectivity index (χ0v) is 18.9. The van der Waals surface area contributed by atoms with Gasteiger partial charge < -0.3 is 9.47 Å². The normalized spacial score (nSPS) is 19.8. The van der Waals surface area contributed by atoms with E-state index in [0.29, 0.717) is 12.5 Å². The van der Waals surface area contributed by atoms with Gasteiger partial charge in [0.2, 0.25) is 0 Å². The first-order chi connectivity index (χ1) is 14.0. The van der Waals surface area contributed by atoms with Gasteiger partial charge >= 0.3 is 5.97 Å². The SMILES string of the molecule is CC.CCCCC(C)C(=O)OCC1CCC(c2ccc3c(C(C)C)ncnn23)O1. The summed E-state index contributed by atoms with van der Waals surface area (Å²) < 4.78 is 13.6. The number of carbonyl (C=O) groups excluding carboxylic acids is 1. The van der Waals surface area contributed by atoms with Crippen LogP contribution >= 0.6 is 0 Å². The third-order valence-corrected chi connectivity index (χ3v) is 5.30. The fourth-order valence-corrected chi connectivity index (χ4v) is 3.65. The van der Waals surface area contributed by atoms with Gasteiger partial charge in [-0.25, -0.2) is 9.50 Å². The second-order valence-corrected chi connectivity index (χ2v) is 7.85. The van der Waals surface area contributed by atoms with E-state index in [1.165, 1.54) is 0 Å². The van der Waals surface area contributed by atoms with Crippen LogP contribution in [0.5, 0.6) is 0 Å². The zero-order valence-electron chi connectivity index (χ0n) is 18.9. The van der Waals surface area contributed by atoms with Crippen molar-refractivity contribution in [2.45, 2.75) is 91.8 Å². The Balaban J connectivity index is 0.00000145. The molecule has 2 aromatic rings. The highest BCUT2D eigenvalue weighted by Gasteiger charge is 2.30. The van der Waals surface area contributed by atoms with Crippen molar-refractivity contribution in [1.82, 2.24) is 14.6 Å². The van der Waals surface area contributed by atoms with Gasteiger partial charge in [-0.15, -0.1) is 0 Å². The smallest absolute Gasteiger partial charge is 0.308 e. The zero-order chi connectivity index (χ0) is 21.4. The lowest BCUT2D eigenvalue weighted by molar-refractivity contribution is -0.152. The van der Waals surface area contributed by atoms with E-state index in [9.17, 15) is 4.79 Å². The Labute approximate surface area is 175 Å². The molecular formula is C23H37N3O3. The molecule has 162 valence electrons. The van der Waals surface area contributed by atoms with Gasteiger partial charge in [-0.05, 0) is 37.3 Å². The van der Waals surface area contributed by atoms with Crippen molar-refractivity contribution in [2.24, 2.45) is 5.92 Å². The molecule has 0 spiro atoms. The van der Waals surface area contributed by atoms with Crippen LogP contribution in [0.1, 0.15) is 97.1 Å². The van der Waals surface area contributed by atoms with Crippen LogP contribution in [0, 0.1) is 5.92 Å². The second-order valence-electron chi connectivity index (χ2n) is 7.85. The standard InChI is InChI=1S/C21H31N3O3.C2H6/c1-5-6-7-15(4)21(25)26-12-16-8-11-19(27-16)17-9-10-18-20(14(2)3)22-13-23-24(17)18;1-2/h9-10,13-16,19H,5-8,11-12H2,1-4H3;1-2H3. The summed E-state index contributed by atoms with van der Waals surface area (Å²) in [6.07, 6.45) is 6.36. The molecule has 1 aliphatic rings. The molecule has 0 bridgehead atoms. The van der Waals surface area contributed by atoms with Crippen LogP contribution in [0.2, 0.25) is 0 Å². The Morgan fingerprint density at radius 3 is 2.72 bits per heavy atom. The summed E-state index contributed by atoms with van der Waals surface area (Å²) in [6, 6.07) is 4.14. The maximum atomic E-state index is 12.1. The van der Waals surface area contributed by atoms with Crippen LogP contribution in [-0.2, 0) is 14.3 Å². The molecule has 0 N–H and O–H groups in total. The summed E-state index contributed by atoms with van der Waals surface area (Å²) in [7, 11) is 0. The number of esters is 1. The van der Waals surface area contributed by atoms with E-state index in [4.69, 9.17) is 9.47 Å². The summed E-state index contributed by atoms with van der Waals surface area (Å²) in [4.78, 5) is 16.5. The van der Waals surface area contributed by atoms with Crippen LogP contribution in [0.4, 0.5) is 0 Å². The number of nitrogens with zero attached hydrogens (tertiary/aromatic N) is 3. The van der Waals surface area contributed by atoms with Gasteiger partial charge in [0.05, 0.1) is 28.9 Å². The van der Waals surface area contributed by atoms with Crippen molar-refractivity contribution in [3.63, 3.8) is 0 Å². The molecule has 6 heteroatoms. The van der Waals surface area contributed by atoms with Crippen LogP contribution in [0.25, 0.3) is 5.52 Å². The minimum atomic E-state index is -0.113. The highest BCUT2D eigenvalue weighted by Crippen LogP contribution is 2.34. The third-order valence-electron chi connectivity index (χ3n) is 5.30. The van der Waals surface area contributed by atoms with Crippen molar-refractivity contribution in [3.8, 4) is 0 Å². The molecule has 0 amide bonds. The molecular weight excluding hydrogens is 366 g/mol. The molecule has 3 heterocycles. The molecule has 6 nitrogen and oxygen atoms in total. The number of unbranched alkanes of at least 4 members (excludes halogenated alkanes) is 1. The first-order valence-corrected chi connectivity index (χ1v) is 11.2. The summed E-state index contributed by atoms with van der Waals surface area (Å²) in [5, 5.41) is 4.42. The average molecular weight is 404 g/mol. The number of hydrogen-bond acceptors (Lipinski definition) is 5. The molecule has 0 aliphatic carbocycles. The largest absolute Gasteiger partial charge is 0.463 e. The van der Waals surface area contributed by atoms with Gasteiger partial charge in [-0.1, -0.05) is 54.4 Å². The second kappa shape index (κ2) is 11.3. The Morgan fingerprint density at radius 2 is 2.03 bits per heavy atom. The topological polar surface area (TPSA) is 65.7 Å². The highest BCUT2D eigenvalue weighted by molar-refractivity contribution is 5.71. The third kappa shape index (κ3) is 5.78. The molecule has 0 radical (unpaired) electrons. The van der Waals surface area contributed by atoms with Gasteiger partial charge in [0.25, 0.3) is 0 Å². The molecule has 1 saturated heterocycles. The number of aromatic nitrogens is 3. The van der Waals surface area contributed by atoms with Crippen molar-refractivity contribution < 1.29 is 14.3 Å². The van der Waals surface area contributed by atoms with Crippen LogP contribution < -0.4 is 0 Å². The van der Waals surface area contributed by atoms with E-state index in [-0.39, 0.29) is 24.1 Å². The predicted molar refractivity (Wildman–Crippen MR) is 115 cm³/mol. The minimum Gasteiger partial charge on any atom is -0.463 e. The lowest BCUT2D eigenvalue weighted by Crippen LogP contribution is -2.22. The monoisotopic (exact) mass is 403 g/mol. The Kier molecular flexibility index (Phi) is 9.08. The molecule has 29 heavy (non-hydrogen) atoms. The molecule has 0 aromatic carbocycles.